The third-order valence-corrected chi connectivity index (χ3v) is 3.32. The summed E-state index contributed by atoms with van der Waals surface area (Å²) in [5.41, 5.74) is 1.57. The fraction of sp³-hybridized carbons (Fsp3) is 0.0667. The van der Waals surface area contributed by atoms with Crippen molar-refractivity contribution in [3.05, 3.63) is 70.0 Å². The lowest BCUT2D eigenvalue weighted by Gasteiger charge is -2.01. The first-order valence-electron chi connectivity index (χ1n) is 5.91. The molecule has 0 spiro atoms. The molecule has 0 amide bonds. The summed E-state index contributed by atoms with van der Waals surface area (Å²) in [5, 5.41) is 3.73. The number of allylic oxidation sites excluding steroid dienone is 1. The Balaban J connectivity index is 2.04. The van der Waals surface area contributed by atoms with E-state index < -0.39 is 0 Å². The number of ketones is 1. The van der Waals surface area contributed by atoms with E-state index in [1.165, 1.54) is 6.08 Å². The first-order chi connectivity index (χ1) is 9.56. The lowest BCUT2D eigenvalue weighted by Crippen LogP contribution is -1.97. The molecule has 20 heavy (non-hydrogen) atoms. The van der Waals surface area contributed by atoms with Crippen molar-refractivity contribution in [2.24, 2.45) is 0 Å². The highest BCUT2D eigenvalue weighted by atomic mass is 35.5. The molecule has 3 nitrogen and oxygen atoms in total. The van der Waals surface area contributed by atoms with E-state index >= 15 is 0 Å². The Labute approximate surface area is 127 Å². The number of aromatic nitrogens is 1. The lowest BCUT2D eigenvalue weighted by atomic mass is 10.1. The van der Waals surface area contributed by atoms with Crippen LogP contribution in [0.3, 0.4) is 0 Å². The number of halogens is 2. The summed E-state index contributed by atoms with van der Waals surface area (Å²) in [6.45, 7) is 1.97. The molecule has 2 rings (SSSR count). The van der Waals surface area contributed by atoms with Crippen LogP contribution < -0.4 is 5.32 Å². The maximum atomic E-state index is 11.9. The van der Waals surface area contributed by atoms with Crippen molar-refractivity contribution in [3.63, 3.8) is 0 Å². The quantitative estimate of drug-likeness (QED) is 0.667. The molecule has 2 aromatic rings. The van der Waals surface area contributed by atoms with Gasteiger partial charge in [0, 0.05) is 24.0 Å². The molecule has 0 aliphatic carbocycles. The summed E-state index contributed by atoms with van der Waals surface area (Å²) in [6.07, 6.45) is 4.67. The molecule has 0 aliphatic rings. The maximum absolute atomic E-state index is 11.9. The molecule has 0 saturated carbocycles. The van der Waals surface area contributed by atoms with Crippen LogP contribution in [0.4, 0.5) is 5.82 Å². The minimum Gasteiger partial charge on any atom is -0.347 e. The van der Waals surface area contributed by atoms with Gasteiger partial charge in [0.1, 0.15) is 5.82 Å². The summed E-state index contributed by atoms with van der Waals surface area (Å²) in [5.74, 6) is 0.520. The highest BCUT2D eigenvalue weighted by molar-refractivity contribution is 6.42. The third kappa shape index (κ3) is 3.83. The minimum atomic E-state index is -0.163. The van der Waals surface area contributed by atoms with Gasteiger partial charge in [-0.15, -0.1) is 0 Å². The van der Waals surface area contributed by atoms with Gasteiger partial charge in [-0.25, -0.2) is 4.98 Å². The zero-order valence-corrected chi connectivity index (χ0v) is 12.2. The topological polar surface area (TPSA) is 42.0 Å². The van der Waals surface area contributed by atoms with Crippen LogP contribution in [0, 0.1) is 6.92 Å². The van der Waals surface area contributed by atoms with Crippen LogP contribution in [0.5, 0.6) is 0 Å². The van der Waals surface area contributed by atoms with Crippen LogP contribution in [0.2, 0.25) is 10.0 Å². The lowest BCUT2D eigenvalue weighted by molar-refractivity contribution is 0.104. The molecule has 1 aromatic heterocycles. The van der Waals surface area contributed by atoms with Gasteiger partial charge in [-0.2, -0.15) is 0 Å². The van der Waals surface area contributed by atoms with Gasteiger partial charge in [0.2, 0.25) is 0 Å². The van der Waals surface area contributed by atoms with Gasteiger partial charge in [0.05, 0.1) is 10.0 Å². The number of anilines is 1. The van der Waals surface area contributed by atoms with Gasteiger partial charge >= 0.3 is 0 Å². The largest absolute Gasteiger partial charge is 0.347 e. The Bertz CT molecular complexity index is 669. The van der Waals surface area contributed by atoms with Gasteiger partial charge in [-0.1, -0.05) is 23.2 Å². The van der Waals surface area contributed by atoms with E-state index in [0.29, 0.717) is 21.4 Å². The number of carbonyl (C=O) groups is 1. The van der Waals surface area contributed by atoms with E-state index in [-0.39, 0.29) is 5.78 Å². The summed E-state index contributed by atoms with van der Waals surface area (Å²) < 4.78 is 0. The molecule has 5 heteroatoms. The Kier molecular flexibility index (Phi) is 4.77. The number of rotatable bonds is 4. The fourth-order valence-electron chi connectivity index (χ4n) is 1.56. The van der Waals surface area contributed by atoms with Gasteiger partial charge in [-0.05, 0) is 42.8 Å². The van der Waals surface area contributed by atoms with Crippen molar-refractivity contribution in [2.75, 3.05) is 5.32 Å². The van der Waals surface area contributed by atoms with Crippen molar-refractivity contribution in [3.8, 4) is 0 Å². The van der Waals surface area contributed by atoms with E-state index in [9.17, 15) is 4.79 Å². The molecule has 0 atom stereocenters. The molecule has 0 saturated heterocycles. The number of hydrogen-bond donors (Lipinski definition) is 1. The second-order valence-electron chi connectivity index (χ2n) is 4.19. The zero-order valence-electron chi connectivity index (χ0n) is 10.7. The van der Waals surface area contributed by atoms with Crippen molar-refractivity contribution >= 4 is 34.8 Å². The molecule has 1 N–H and O–H groups in total. The number of benzene rings is 1. The molecule has 0 fully saturated rings. The molecule has 0 bridgehead atoms. The maximum Gasteiger partial charge on any atom is 0.187 e. The van der Waals surface area contributed by atoms with E-state index in [4.69, 9.17) is 23.2 Å². The van der Waals surface area contributed by atoms with Gasteiger partial charge in [0.15, 0.2) is 5.78 Å². The van der Waals surface area contributed by atoms with Gasteiger partial charge < -0.3 is 5.32 Å². The Morgan fingerprint density at radius 1 is 1.20 bits per heavy atom. The zero-order chi connectivity index (χ0) is 14.5. The van der Waals surface area contributed by atoms with E-state index in [2.05, 4.69) is 10.3 Å². The Morgan fingerprint density at radius 2 is 2.00 bits per heavy atom. The van der Waals surface area contributed by atoms with Crippen LogP contribution >= 0.6 is 23.2 Å². The third-order valence-electron chi connectivity index (χ3n) is 2.59. The molecule has 0 aliphatic heterocycles. The molecule has 0 unspecified atom stereocenters. The molecular weight excluding hydrogens is 295 g/mol. The van der Waals surface area contributed by atoms with Crippen molar-refractivity contribution < 1.29 is 4.79 Å². The average Bonchev–Trinajstić information content (AvgIpc) is 2.42. The van der Waals surface area contributed by atoms with Crippen LogP contribution in [0.1, 0.15) is 15.9 Å². The number of nitrogens with zero attached hydrogens (tertiary/aromatic N) is 1. The van der Waals surface area contributed by atoms with Crippen molar-refractivity contribution in [1.82, 2.24) is 4.98 Å². The highest BCUT2D eigenvalue weighted by Crippen LogP contribution is 2.22. The molecule has 0 radical (unpaired) electrons. The highest BCUT2D eigenvalue weighted by Gasteiger charge is 2.04. The van der Waals surface area contributed by atoms with Crippen molar-refractivity contribution in [1.29, 1.82) is 0 Å². The number of hydrogen-bond acceptors (Lipinski definition) is 3. The summed E-state index contributed by atoms with van der Waals surface area (Å²) in [7, 11) is 0. The van der Waals surface area contributed by atoms with Gasteiger partial charge in [0.25, 0.3) is 0 Å². The van der Waals surface area contributed by atoms with Crippen LogP contribution in [-0.2, 0) is 0 Å². The smallest absolute Gasteiger partial charge is 0.187 e. The molecule has 1 heterocycles. The average molecular weight is 307 g/mol. The predicted octanol–water partition coefficient (Wildman–Crippen LogP) is 4.51. The predicted molar refractivity (Wildman–Crippen MR) is 82.5 cm³/mol. The van der Waals surface area contributed by atoms with E-state index in [1.54, 1.807) is 30.6 Å². The number of pyridine rings is 1. The van der Waals surface area contributed by atoms with Crippen LogP contribution in [-0.4, -0.2) is 10.8 Å². The second kappa shape index (κ2) is 6.55. The molecule has 1 aromatic carbocycles. The minimum absolute atomic E-state index is 0.163. The van der Waals surface area contributed by atoms with Crippen LogP contribution in [0.25, 0.3) is 0 Å². The number of nitrogens with one attached hydrogen (secondary N) is 1. The van der Waals surface area contributed by atoms with E-state index in [0.717, 1.165) is 5.56 Å². The molecule has 102 valence electrons. The summed E-state index contributed by atoms with van der Waals surface area (Å²) in [4.78, 5) is 16.0. The first-order valence-corrected chi connectivity index (χ1v) is 6.67. The summed E-state index contributed by atoms with van der Waals surface area (Å²) in [6, 6.07) is 8.55. The SMILES string of the molecule is Cc1ccnc(N/C=C/C(=O)c2ccc(Cl)c(Cl)c2)c1. The Hall–Kier alpha value is -1.84. The fourth-order valence-corrected chi connectivity index (χ4v) is 1.86. The number of aryl methyl sites for hydroxylation is 1. The summed E-state index contributed by atoms with van der Waals surface area (Å²) >= 11 is 11.7. The monoisotopic (exact) mass is 306 g/mol. The first kappa shape index (κ1) is 14.6. The van der Waals surface area contributed by atoms with Crippen molar-refractivity contribution in [2.45, 2.75) is 6.92 Å². The number of carbonyl (C=O) groups excluding carboxylic acids is 1. The normalized spacial score (nSPS) is 10.8. The standard InChI is InChI=1S/C15H12Cl2N2O/c1-10-4-6-18-15(8-10)19-7-5-14(20)11-2-3-12(16)13(17)9-11/h2-9H,1H3,(H,18,19)/b7-5+. The van der Waals surface area contributed by atoms with E-state index in [1.807, 2.05) is 19.1 Å². The van der Waals surface area contributed by atoms with Crippen LogP contribution in [0.15, 0.2) is 48.8 Å². The Morgan fingerprint density at radius 3 is 2.70 bits per heavy atom. The van der Waals surface area contributed by atoms with Gasteiger partial charge in [-0.3, -0.25) is 4.79 Å². The second-order valence-corrected chi connectivity index (χ2v) is 5.00. The molecular formula is C15H12Cl2N2O.